The summed E-state index contributed by atoms with van der Waals surface area (Å²) < 4.78 is 5.04. The van der Waals surface area contributed by atoms with Crippen LogP contribution in [0.15, 0.2) is 18.2 Å². The topological polar surface area (TPSA) is 29.5 Å². The van der Waals surface area contributed by atoms with Crippen LogP contribution in [-0.2, 0) is 21.3 Å². The number of hydrogen-bond acceptors (Lipinski definition) is 2. The summed E-state index contributed by atoms with van der Waals surface area (Å²) in [5, 5.41) is 0. The van der Waals surface area contributed by atoms with E-state index >= 15 is 0 Å². The van der Waals surface area contributed by atoms with E-state index in [0.29, 0.717) is 11.8 Å². The van der Waals surface area contributed by atoms with Gasteiger partial charge in [-0.05, 0) is 11.1 Å². The Morgan fingerprint density at radius 1 is 1.29 bits per heavy atom. The van der Waals surface area contributed by atoms with E-state index in [0.717, 1.165) is 16.8 Å². The van der Waals surface area contributed by atoms with E-state index in [2.05, 4.69) is 0 Å². The van der Waals surface area contributed by atoms with Crippen LogP contribution in [0.1, 0.15) is 18.1 Å². The molecule has 0 radical (unpaired) electrons. The number of carbonyl (C=O) groups excluding carboxylic acids is 1. The van der Waals surface area contributed by atoms with Crippen LogP contribution in [0.4, 0.5) is 5.69 Å². The van der Waals surface area contributed by atoms with Gasteiger partial charge in [-0.25, -0.2) is 0 Å². The number of amides is 1. The molecule has 94 valence electrons. The summed E-state index contributed by atoms with van der Waals surface area (Å²) in [6, 6.07) is 5.64. The number of halogens is 2. The number of carbonyl (C=O) groups is 1. The van der Waals surface area contributed by atoms with Crippen molar-refractivity contribution in [3.63, 3.8) is 0 Å². The molecule has 3 nitrogen and oxygen atoms in total. The SMILES string of the molecule is COCN(C(C)=O)c1c(CCl)cccc1CCl. The molecule has 0 unspecified atom stereocenters. The van der Waals surface area contributed by atoms with Crippen LogP contribution in [0.25, 0.3) is 0 Å². The van der Waals surface area contributed by atoms with Crippen molar-refractivity contribution in [3.8, 4) is 0 Å². The first-order valence-electron chi connectivity index (χ1n) is 5.15. The van der Waals surface area contributed by atoms with Crippen molar-refractivity contribution in [2.45, 2.75) is 18.7 Å². The number of anilines is 1. The summed E-state index contributed by atoms with van der Waals surface area (Å²) in [4.78, 5) is 13.2. The molecule has 0 aliphatic rings. The van der Waals surface area contributed by atoms with Gasteiger partial charge in [0.15, 0.2) is 0 Å². The molecule has 5 heteroatoms. The standard InChI is InChI=1S/C12H15Cl2NO2/c1-9(16)15(8-17-2)12-10(6-13)4-3-5-11(12)7-14/h3-5H,6-8H2,1-2H3. The lowest BCUT2D eigenvalue weighted by Crippen LogP contribution is -2.32. The highest BCUT2D eigenvalue weighted by molar-refractivity contribution is 6.19. The second kappa shape index (κ2) is 6.84. The lowest BCUT2D eigenvalue weighted by atomic mass is 10.1. The zero-order valence-electron chi connectivity index (χ0n) is 9.87. The molecule has 0 bridgehead atoms. The molecule has 1 amide bonds. The Hall–Kier alpha value is -0.770. The molecule has 0 atom stereocenters. The van der Waals surface area contributed by atoms with E-state index in [-0.39, 0.29) is 12.6 Å². The molecule has 0 aliphatic carbocycles. The van der Waals surface area contributed by atoms with Crippen LogP contribution in [0, 0.1) is 0 Å². The number of rotatable bonds is 5. The van der Waals surface area contributed by atoms with Crippen molar-refractivity contribution >= 4 is 34.8 Å². The van der Waals surface area contributed by atoms with Gasteiger partial charge in [-0.2, -0.15) is 0 Å². The van der Waals surface area contributed by atoms with Crippen molar-refractivity contribution in [1.82, 2.24) is 0 Å². The number of benzene rings is 1. The Kier molecular flexibility index (Phi) is 5.75. The summed E-state index contributed by atoms with van der Waals surface area (Å²) in [6.07, 6.45) is 0. The third-order valence-electron chi connectivity index (χ3n) is 2.40. The number of methoxy groups -OCH3 is 1. The number of nitrogens with zero attached hydrogens (tertiary/aromatic N) is 1. The molecular formula is C12H15Cl2NO2. The predicted octanol–water partition coefficient (Wildman–Crippen LogP) is 3.12. The van der Waals surface area contributed by atoms with Crippen molar-refractivity contribution in [3.05, 3.63) is 29.3 Å². The Bertz CT molecular complexity index is 374. The maximum Gasteiger partial charge on any atom is 0.225 e. The maximum atomic E-state index is 11.6. The largest absolute Gasteiger partial charge is 0.364 e. The quantitative estimate of drug-likeness (QED) is 0.611. The first kappa shape index (κ1) is 14.3. The van der Waals surface area contributed by atoms with E-state index in [4.69, 9.17) is 27.9 Å². The number of ether oxygens (including phenoxy) is 1. The normalized spacial score (nSPS) is 10.4. The fraction of sp³-hybridized carbons (Fsp3) is 0.417. The van der Waals surface area contributed by atoms with Gasteiger partial charge >= 0.3 is 0 Å². The minimum Gasteiger partial charge on any atom is -0.364 e. The van der Waals surface area contributed by atoms with Gasteiger partial charge in [0, 0.05) is 25.8 Å². The molecule has 0 N–H and O–H groups in total. The third-order valence-corrected chi connectivity index (χ3v) is 2.98. The highest BCUT2D eigenvalue weighted by Gasteiger charge is 2.18. The summed E-state index contributed by atoms with van der Waals surface area (Å²) in [5.41, 5.74) is 2.50. The average Bonchev–Trinajstić information content (AvgIpc) is 2.34. The minimum atomic E-state index is -0.101. The van der Waals surface area contributed by atoms with Gasteiger partial charge in [0.05, 0.1) is 5.69 Å². The van der Waals surface area contributed by atoms with Gasteiger partial charge in [0.1, 0.15) is 6.73 Å². The molecule has 1 aromatic carbocycles. The number of para-hydroxylation sites is 1. The molecule has 17 heavy (non-hydrogen) atoms. The Morgan fingerprint density at radius 3 is 2.18 bits per heavy atom. The van der Waals surface area contributed by atoms with E-state index in [1.807, 2.05) is 18.2 Å². The van der Waals surface area contributed by atoms with Crippen molar-refractivity contribution < 1.29 is 9.53 Å². The van der Waals surface area contributed by atoms with Crippen LogP contribution in [0.2, 0.25) is 0 Å². The van der Waals surface area contributed by atoms with Crippen molar-refractivity contribution in [1.29, 1.82) is 0 Å². The van der Waals surface area contributed by atoms with E-state index in [1.54, 1.807) is 7.11 Å². The van der Waals surface area contributed by atoms with Crippen LogP contribution >= 0.6 is 23.2 Å². The Morgan fingerprint density at radius 2 is 1.82 bits per heavy atom. The van der Waals surface area contributed by atoms with Crippen molar-refractivity contribution in [2.75, 3.05) is 18.7 Å². The van der Waals surface area contributed by atoms with Gasteiger partial charge in [-0.1, -0.05) is 18.2 Å². The molecule has 0 heterocycles. The van der Waals surface area contributed by atoms with Gasteiger partial charge in [-0.15, -0.1) is 23.2 Å². The lowest BCUT2D eigenvalue weighted by Gasteiger charge is -2.25. The summed E-state index contributed by atoms with van der Waals surface area (Å²) >= 11 is 11.8. The molecule has 0 spiro atoms. The lowest BCUT2D eigenvalue weighted by molar-refractivity contribution is -0.117. The highest BCUT2D eigenvalue weighted by Crippen LogP contribution is 2.28. The summed E-state index contributed by atoms with van der Waals surface area (Å²) in [7, 11) is 1.54. The number of alkyl halides is 2. The summed E-state index contributed by atoms with van der Waals surface area (Å²) in [5.74, 6) is 0.553. The van der Waals surface area contributed by atoms with Crippen LogP contribution in [0.5, 0.6) is 0 Å². The van der Waals surface area contributed by atoms with Crippen LogP contribution in [0.3, 0.4) is 0 Å². The fourth-order valence-corrected chi connectivity index (χ4v) is 2.08. The monoisotopic (exact) mass is 275 g/mol. The van der Waals surface area contributed by atoms with Crippen LogP contribution in [-0.4, -0.2) is 19.7 Å². The van der Waals surface area contributed by atoms with E-state index in [9.17, 15) is 4.79 Å². The average molecular weight is 276 g/mol. The van der Waals surface area contributed by atoms with Crippen molar-refractivity contribution in [2.24, 2.45) is 0 Å². The molecule has 1 aromatic rings. The van der Waals surface area contributed by atoms with E-state index in [1.165, 1.54) is 11.8 Å². The molecule has 0 saturated carbocycles. The first-order chi connectivity index (χ1) is 8.15. The second-order valence-corrected chi connectivity index (χ2v) is 4.09. The molecular weight excluding hydrogens is 261 g/mol. The van der Waals surface area contributed by atoms with Gasteiger partial charge in [0.2, 0.25) is 5.91 Å². The second-order valence-electron chi connectivity index (χ2n) is 3.56. The highest BCUT2D eigenvalue weighted by atomic mass is 35.5. The smallest absolute Gasteiger partial charge is 0.225 e. The molecule has 0 aromatic heterocycles. The third kappa shape index (κ3) is 3.35. The summed E-state index contributed by atoms with van der Waals surface area (Å²) in [6.45, 7) is 1.68. The minimum absolute atomic E-state index is 0.101. The van der Waals surface area contributed by atoms with Gasteiger partial charge in [0.25, 0.3) is 0 Å². The molecule has 0 saturated heterocycles. The molecule has 1 rings (SSSR count). The van der Waals surface area contributed by atoms with Gasteiger partial charge in [-0.3, -0.25) is 9.69 Å². The molecule has 0 aliphatic heterocycles. The van der Waals surface area contributed by atoms with E-state index < -0.39 is 0 Å². The maximum absolute atomic E-state index is 11.6. The first-order valence-corrected chi connectivity index (χ1v) is 6.22. The molecule has 0 fully saturated rings. The van der Waals surface area contributed by atoms with Gasteiger partial charge < -0.3 is 4.74 Å². The van der Waals surface area contributed by atoms with Crippen LogP contribution < -0.4 is 4.90 Å². The zero-order chi connectivity index (χ0) is 12.8. The fourth-order valence-electron chi connectivity index (χ4n) is 1.65. The Labute approximate surface area is 111 Å². The zero-order valence-corrected chi connectivity index (χ0v) is 11.4. The number of hydrogen-bond donors (Lipinski definition) is 0. The Balaban J connectivity index is 3.27. The predicted molar refractivity (Wildman–Crippen MR) is 70.6 cm³/mol.